The Morgan fingerprint density at radius 2 is 1.52 bits per heavy atom. The van der Waals surface area contributed by atoms with Gasteiger partial charge in [0.25, 0.3) is 11.8 Å². The Morgan fingerprint density at radius 3 is 2.29 bits per heavy atom. The molecule has 0 aliphatic carbocycles. The molecule has 2 aliphatic heterocycles. The number of carbonyl (C=O) groups is 2. The Hall–Kier alpha value is -5.38. The molecule has 0 saturated carbocycles. The van der Waals surface area contributed by atoms with Crippen LogP contribution >= 0.6 is 0 Å². The summed E-state index contributed by atoms with van der Waals surface area (Å²) in [5, 5.41) is 23.2. The predicted molar refractivity (Wildman–Crippen MR) is 184 cm³/mol. The fraction of sp³-hybridized carbons (Fsp3) is 0.231. The molecule has 3 N–H and O–H groups in total. The molecule has 244 valence electrons. The van der Waals surface area contributed by atoms with Crippen molar-refractivity contribution in [1.82, 2.24) is 14.4 Å². The largest absolute Gasteiger partial charge is 0.508 e. The van der Waals surface area contributed by atoms with E-state index < -0.39 is 0 Å². The maximum absolute atomic E-state index is 14.6. The summed E-state index contributed by atoms with van der Waals surface area (Å²) in [6.45, 7) is 4.32. The monoisotopic (exact) mass is 642 g/mol. The van der Waals surface area contributed by atoms with Gasteiger partial charge in [0, 0.05) is 67.5 Å². The van der Waals surface area contributed by atoms with Gasteiger partial charge in [-0.05, 0) is 83.8 Å². The van der Waals surface area contributed by atoms with E-state index in [2.05, 4.69) is 28.4 Å². The third kappa shape index (κ3) is 6.83. The molecule has 9 heteroatoms. The second kappa shape index (κ2) is 13.8. The molecular formula is C39H38N4O5. The molecular weight excluding hydrogens is 604 g/mol. The molecule has 0 unspecified atom stereocenters. The lowest BCUT2D eigenvalue weighted by Gasteiger charge is -2.40. The molecule has 0 radical (unpaired) electrons. The van der Waals surface area contributed by atoms with E-state index in [4.69, 9.17) is 4.74 Å². The standard InChI is InChI=1S/C39H38N4O5/c44-35-12-10-31(11-13-35)40-38(46)30-22-33(42(25-30)32-8-2-1-3-9-32)21-29-23-36(45)14-15-37(29)39(47)43-24-28-7-5-4-6-27(28)20-34(43)26-41-16-18-48-19-17-41/h1-15,22-23,25,34,44-45H,16-21,24,26H2,(H,40,46)/t34-/m0/s1. The quantitative estimate of drug-likeness (QED) is 0.190. The van der Waals surface area contributed by atoms with Crippen molar-refractivity contribution in [3.8, 4) is 17.2 Å². The minimum Gasteiger partial charge on any atom is -0.508 e. The minimum atomic E-state index is -0.304. The summed E-state index contributed by atoms with van der Waals surface area (Å²) < 4.78 is 7.53. The molecule has 0 spiro atoms. The molecule has 7 rings (SSSR count). The van der Waals surface area contributed by atoms with E-state index in [9.17, 15) is 19.8 Å². The molecule has 2 amide bonds. The van der Waals surface area contributed by atoms with Gasteiger partial charge in [0.05, 0.1) is 18.8 Å². The lowest BCUT2D eigenvalue weighted by molar-refractivity contribution is 0.0192. The number of fused-ring (bicyclic) bond motifs is 1. The van der Waals surface area contributed by atoms with Gasteiger partial charge < -0.3 is 29.7 Å². The topological polar surface area (TPSA) is 107 Å². The number of aromatic nitrogens is 1. The summed E-state index contributed by atoms with van der Waals surface area (Å²) in [6, 6.07) is 31.1. The number of aromatic hydroxyl groups is 2. The van der Waals surface area contributed by atoms with Gasteiger partial charge >= 0.3 is 0 Å². The highest BCUT2D eigenvalue weighted by atomic mass is 16.5. The normalized spacial score (nSPS) is 16.3. The summed E-state index contributed by atoms with van der Waals surface area (Å²) in [5.41, 5.74) is 6.25. The number of phenols is 2. The predicted octanol–water partition coefficient (Wildman–Crippen LogP) is 5.63. The number of amides is 2. The Balaban J connectivity index is 1.22. The average Bonchev–Trinajstić information content (AvgIpc) is 3.53. The van der Waals surface area contributed by atoms with Crippen LogP contribution in [0.2, 0.25) is 0 Å². The van der Waals surface area contributed by atoms with Crippen molar-refractivity contribution >= 4 is 17.5 Å². The first-order chi connectivity index (χ1) is 23.4. The number of morpholine rings is 1. The summed E-state index contributed by atoms with van der Waals surface area (Å²) in [5.74, 6) is -0.204. The van der Waals surface area contributed by atoms with Gasteiger partial charge in [-0.2, -0.15) is 0 Å². The van der Waals surface area contributed by atoms with Crippen LogP contribution in [-0.4, -0.2) is 75.3 Å². The molecule has 1 aromatic heterocycles. The molecule has 0 bridgehead atoms. The zero-order valence-corrected chi connectivity index (χ0v) is 26.6. The highest BCUT2D eigenvalue weighted by Gasteiger charge is 2.33. The molecule has 1 fully saturated rings. The van der Waals surface area contributed by atoms with Gasteiger partial charge in [-0.15, -0.1) is 0 Å². The van der Waals surface area contributed by atoms with E-state index in [-0.39, 0.29) is 29.4 Å². The average molecular weight is 643 g/mol. The van der Waals surface area contributed by atoms with Crippen LogP contribution in [0.25, 0.3) is 5.69 Å². The summed E-state index contributed by atoms with van der Waals surface area (Å²) in [7, 11) is 0. The first-order valence-corrected chi connectivity index (χ1v) is 16.3. The highest BCUT2D eigenvalue weighted by Crippen LogP contribution is 2.30. The Labute approximate surface area is 279 Å². The lowest BCUT2D eigenvalue weighted by Crippen LogP contribution is -2.52. The molecule has 48 heavy (non-hydrogen) atoms. The van der Waals surface area contributed by atoms with Gasteiger partial charge in [0.2, 0.25) is 0 Å². The van der Waals surface area contributed by atoms with Crippen LogP contribution in [0.4, 0.5) is 5.69 Å². The van der Waals surface area contributed by atoms with Crippen LogP contribution in [-0.2, 0) is 24.1 Å². The van der Waals surface area contributed by atoms with Crippen molar-refractivity contribution in [1.29, 1.82) is 0 Å². The maximum atomic E-state index is 14.6. The van der Waals surface area contributed by atoms with Gasteiger partial charge in [0.1, 0.15) is 11.5 Å². The minimum absolute atomic E-state index is 0.0180. The molecule has 2 aliphatic rings. The Bertz CT molecular complexity index is 1910. The number of nitrogens with one attached hydrogen (secondary N) is 1. The number of nitrogens with zero attached hydrogens (tertiary/aromatic N) is 3. The van der Waals surface area contributed by atoms with E-state index in [1.807, 2.05) is 51.9 Å². The summed E-state index contributed by atoms with van der Waals surface area (Å²) >= 11 is 0. The Kier molecular flexibility index (Phi) is 8.96. The number of anilines is 1. The smallest absolute Gasteiger partial charge is 0.257 e. The number of rotatable bonds is 8. The fourth-order valence-corrected chi connectivity index (χ4v) is 6.70. The van der Waals surface area contributed by atoms with Crippen molar-refractivity contribution in [3.63, 3.8) is 0 Å². The molecule has 5 aromatic rings. The fourth-order valence-electron chi connectivity index (χ4n) is 6.70. The van der Waals surface area contributed by atoms with Crippen molar-refractivity contribution < 1.29 is 24.5 Å². The van der Waals surface area contributed by atoms with Crippen LogP contribution in [0.3, 0.4) is 0 Å². The van der Waals surface area contributed by atoms with Crippen LogP contribution in [0, 0.1) is 0 Å². The molecule has 3 heterocycles. The second-order valence-corrected chi connectivity index (χ2v) is 12.4. The highest BCUT2D eigenvalue weighted by molar-refractivity contribution is 6.04. The number of hydrogen-bond acceptors (Lipinski definition) is 6. The van der Waals surface area contributed by atoms with Gasteiger partial charge in [0.15, 0.2) is 0 Å². The first-order valence-electron chi connectivity index (χ1n) is 16.3. The van der Waals surface area contributed by atoms with Gasteiger partial charge in [-0.1, -0.05) is 42.5 Å². The van der Waals surface area contributed by atoms with E-state index in [1.165, 1.54) is 17.7 Å². The van der Waals surface area contributed by atoms with Crippen LogP contribution in [0.1, 0.15) is 43.1 Å². The molecule has 4 aromatic carbocycles. The maximum Gasteiger partial charge on any atom is 0.257 e. The zero-order valence-electron chi connectivity index (χ0n) is 26.6. The number of hydrogen-bond donors (Lipinski definition) is 3. The van der Waals surface area contributed by atoms with Crippen LogP contribution < -0.4 is 5.32 Å². The first kappa shape index (κ1) is 31.2. The summed E-state index contributed by atoms with van der Waals surface area (Å²) in [4.78, 5) is 32.3. The van der Waals surface area contributed by atoms with Crippen molar-refractivity contribution in [2.45, 2.75) is 25.4 Å². The molecule has 9 nitrogen and oxygen atoms in total. The van der Waals surface area contributed by atoms with Crippen molar-refractivity contribution in [2.75, 3.05) is 38.2 Å². The van der Waals surface area contributed by atoms with E-state index >= 15 is 0 Å². The van der Waals surface area contributed by atoms with Gasteiger partial charge in [-0.3, -0.25) is 14.5 Å². The third-order valence-corrected chi connectivity index (χ3v) is 9.20. The zero-order chi connectivity index (χ0) is 33.0. The van der Waals surface area contributed by atoms with Crippen LogP contribution in [0.15, 0.2) is 109 Å². The number of phenolic OH excluding ortho intramolecular Hbond substituents is 2. The number of benzene rings is 4. The molecule has 1 saturated heterocycles. The van der Waals surface area contributed by atoms with Crippen molar-refractivity contribution in [3.05, 3.63) is 143 Å². The van der Waals surface area contributed by atoms with E-state index in [0.29, 0.717) is 48.6 Å². The number of ether oxygens (including phenoxy) is 1. The van der Waals surface area contributed by atoms with E-state index in [0.717, 1.165) is 43.0 Å². The third-order valence-electron chi connectivity index (χ3n) is 9.20. The Morgan fingerprint density at radius 1 is 0.812 bits per heavy atom. The summed E-state index contributed by atoms with van der Waals surface area (Å²) in [6.07, 6.45) is 2.85. The van der Waals surface area contributed by atoms with Gasteiger partial charge in [-0.25, -0.2) is 0 Å². The van der Waals surface area contributed by atoms with E-state index in [1.54, 1.807) is 36.5 Å². The molecule has 1 atom stereocenters. The van der Waals surface area contributed by atoms with Crippen molar-refractivity contribution in [2.24, 2.45) is 0 Å². The van der Waals surface area contributed by atoms with Crippen LogP contribution in [0.5, 0.6) is 11.5 Å². The second-order valence-electron chi connectivity index (χ2n) is 12.4. The lowest BCUT2D eigenvalue weighted by atomic mass is 9.92. The number of carbonyl (C=O) groups excluding carboxylic acids is 2. The number of para-hydroxylation sites is 1. The SMILES string of the molecule is O=C(Nc1ccc(O)cc1)c1cc(Cc2cc(O)ccc2C(=O)N2Cc3ccccc3C[C@H]2CN2CCOCC2)n(-c2ccccc2)c1.